The summed E-state index contributed by atoms with van der Waals surface area (Å²) in [7, 11) is 0. The van der Waals surface area contributed by atoms with Gasteiger partial charge in [0.25, 0.3) is 0 Å². The summed E-state index contributed by atoms with van der Waals surface area (Å²) in [5, 5.41) is 4.40. The molecule has 2 rings (SSSR count). The monoisotopic (exact) mass is 331 g/mol. The zero-order valence-corrected chi connectivity index (χ0v) is 13.0. The van der Waals surface area contributed by atoms with Crippen molar-refractivity contribution in [2.75, 3.05) is 5.75 Å². The minimum absolute atomic E-state index is 0.195. The van der Waals surface area contributed by atoms with Crippen molar-refractivity contribution in [2.24, 2.45) is 0 Å². The van der Waals surface area contributed by atoms with Crippen LogP contribution in [0.5, 0.6) is 0 Å². The van der Waals surface area contributed by atoms with Gasteiger partial charge < -0.3 is 5.32 Å². The van der Waals surface area contributed by atoms with E-state index in [0.29, 0.717) is 10.5 Å². The third-order valence-corrected chi connectivity index (χ3v) is 5.21. The van der Waals surface area contributed by atoms with Crippen molar-refractivity contribution in [3.63, 3.8) is 0 Å². The summed E-state index contributed by atoms with van der Waals surface area (Å²) >= 11 is 5.30. The molecule has 0 aromatic heterocycles. The Labute approximate surface area is 121 Å². The number of hydrogen-bond acceptors (Lipinski definition) is 2. The Morgan fingerprint density at radius 2 is 2.28 bits per heavy atom. The van der Waals surface area contributed by atoms with Crippen molar-refractivity contribution >= 4 is 27.7 Å². The second kappa shape index (κ2) is 6.92. The summed E-state index contributed by atoms with van der Waals surface area (Å²) in [6.07, 6.45) is 3.85. The molecule has 2 unspecified atom stereocenters. The van der Waals surface area contributed by atoms with E-state index in [-0.39, 0.29) is 5.82 Å². The summed E-state index contributed by atoms with van der Waals surface area (Å²) in [6.45, 7) is 3.05. The Balaban J connectivity index is 1.80. The van der Waals surface area contributed by atoms with Crippen LogP contribution in [0, 0.1) is 5.82 Å². The molecule has 18 heavy (non-hydrogen) atoms. The van der Waals surface area contributed by atoms with E-state index in [9.17, 15) is 4.39 Å². The fourth-order valence-electron chi connectivity index (χ4n) is 2.42. The molecule has 2 atom stereocenters. The highest BCUT2D eigenvalue weighted by Crippen LogP contribution is 2.29. The molecule has 1 aromatic carbocycles. The predicted molar refractivity (Wildman–Crippen MR) is 80.5 cm³/mol. The van der Waals surface area contributed by atoms with Gasteiger partial charge in [-0.05, 0) is 58.6 Å². The van der Waals surface area contributed by atoms with Gasteiger partial charge in [-0.1, -0.05) is 13.0 Å². The van der Waals surface area contributed by atoms with Crippen LogP contribution in [0.2, 0.25) is 0 Å². The van der Waals surface area contributed by atoms with Gasteiger partial charge in [-0.25, -0.2) is 4.39 Å². The Kier molecular flexibility index (Phi) is 5.52. The molecule has 100 valence electrons. The van der Waals surface area contributed by atoms with Crippen LogP contribution in [0.1, 0.15) is 31.7 Å². The molecular weight excluding hydrogens is 313 g/mol. The molecule has 0 heterocycles. The molecule has 0 amide bonds. The van der Waals surface area contributed by atoms with E-state index in [1.165, 1.54) is 31.1 Å². The van der Waals surface area contributed by atoms with Gasteiger partial charge in [0.1, 0.15) is 5.82 Å². The van der Waals surface area contributed by atoms with Crippen LogP contribution >= 0.6 is 27.7 Å². The minimum atomic E-state index is -0.195. The van der Waals surface area contributed by atoms with Gasteiger partial charge in [0.15, 0.2) is 0 Å². The van der Waals surface area contributed by atoms with E-state index in [0.717, 1.165) is 17.4 Å². The smallest absolute Gasteiger partial charge is 0.137 e. The second-order valence-corrected chi connectivity index (χ2v) is 7.15. The number of nitrogens with one attached hydrogen (secondary N) is 1. The number of thioether (sulfide) groups is 1. The maximum Gasteiger partial charge on any atom is 0.137 e. The standard InChI is InChI=1S/C14H19BrFNS/c1-2-18-12-5-4-11(8-12)17-9-10-3-6-14(16)13(15)7-10/h3,6-7,11-12,17H,2,4-5,8-9H2,1H3. The lowest BCUT2D eigenvalue weighted by Gasteiger charge is -2.13. The summed E-state index contributed by atoms with van der Waals surface area (Å²) in [5.74, 6) is 1.02. The van der Waals surface area contributed by atoms with E-state index in [1.807, 2.05) is 12.1 Å². The van der Waals surface area contributed by atoms with Gasteiger partial charge in [-0.3, -0.25) is 0 Å². The lowest BCUT2D eigenvalue weighted by molar-refractivity contribution is 0.524. The zero-order chi connectivity index (χ0) is 13.0. The van der Waals surface area contributed by atoms with Crippen molar-refractivity contribution < 1.29 is 4.39 Å². The minimum Gasteiger partial charge on any atom is -0.310 e. The highest BCUT2D eigenvalue weighted by molar-refractivity contribution is 9.10. The first-order valence-electron chi connectivity index (χ1n) is 6.48. The molecule has 0 aliphatic heterocycles. The van der Waals surface area contributed by atoms with Gasteiger partial charge in [-0.15, -0.1) is 0 Å². The molecule has 0 spiro atoms. The largest absolute Gasteiger partial charge is 0.310 e. The molecule has 0 radical (unpaired) electrons. The van der Waals surface area contributed by atoms with Crippen LogP contribution in [0.25, 0.3) is 0 Å². The number of hydrogen-bond donors (Lipinski definition) is 1. The summed E-state index contributed by atoms with van der Waals surface area (Å²) < 4.78 is 13.7. The van der Waals surface area contributed by atoms with Crippen LogP contribution in [0.15, 0.2) is 22.7 Å². The first-order chi connectivity index (χ1) is 8.69. The van der Waals surface area contributed by atoms with Gasteiger partial charge in [0.2, 0.25) is 0 Å². The summed E-state index contributed by atoms with van der Waals surface area (Å²) in [4.78, 5) is 0. The van der Waals surface area contributed by atoms with Gasteiger partial charge >= 0.3 is 0 Å². The average molecular weight is 332 g/mol. The average Bonchev–Trinajstić information content (AvgIpc) is 2.79. The molecule has 1 saturated carbocycles. The fourth-order valence-corrected chi connectivity index (χ4v) is 3.99. The van der Waals surface area contributed by atoms with E-state index in [2.05, 4.69) is 39.9 Å². The zero-order valence-electron chi connectivity index (χ0n) is 10.6. The Morgan fingerprint density at radius 3 is 3.00 bits per heavy atom. The molecule has 1 aromatic rings. The van der Waals surface area contributed by atoms with Crippen molar-refractivity contribution in [2.45, 2.75) is 44.0 Å². The number of benzene rings is 1. The lowest BCUT2D eigenvalue weighted by Crippen LogP contribution is -2.26. The molecule has 1 nitrogen and oxygen atoms in total. The maximum atomic E-state index is 13.1. The van der Waals surface area contributed by atoms with E-state index in [4.69, 9.17) is 0 Å². The molecule has 1 aliphatic carbocycles. The third kappa shape index (κ3) is 3.97. The topological polar surface area (TPSA) is 12.0 Å². The van der Waals surface area contributed by atoms with Gasteiger partial charge in [-0.2, -0.15) is 11.8 Å². The highest BCUT2D eigenvalue weighted by Gasteiger charge is 2.23. The Morgan fingerprint density at radius 1 is 1.44 bits per heavy atom. The maximum absolute atomic E-state index is 13.1. The van der Waals surface area contributed by atoms with E-state index in [1.54, 1.807) is 0 Å². The Bertz CT molecular complexity index is 399. The normalized spacial score (nSPS) is 23.5. The van der Waals surface area contributed by atoms with Crippen molar-refractivity contribution in [1.82, 2.24) is 5.32 Å². The van der Waals surface area contributed by atoms with E-state index >= 15 is 0 Å². The molecular formula is C14H19BrFNS. The van der Waals surface area contributed by atoms with Crippen LogP contribution in [-0.4, -0.2) is 17.0 Å². The molecule has 1 aliphatic rings. The SMILES string of the molecule is CCSC1CCC(NCc2ccc(F)c(Br)c2)C1. The second-order valence-electron chi connectivity index (χ2n) is 4.72. The quantitative estimate of drug-likeness (QED) is 0.860. The first kappa shape index (κ1) is 14.4. The number of halogens is 2. The van der Waals surface area contributed by atoms with E-state index < -0.39 is 0 Å². The molecule has 1 N–H and O–H groups in total. The molecule has 0 saturated heterocycles. The molecule has 4 heteroatoms. The summed E-state index contributed by atoms with van der Waals surface area (Å²) in [5.41, 5.74) is 1.13. The Hall–Kier alpha value is -0.0600. The van der Waals surface area contributed by atoms with Crippen molar-refractivity contribution in [1.29, 1.82) is 0 Å². The van der Waals surface area contributed by atoms with Crippen molar-refractivity contribution in [3.05, 3.63) is 34.1 Å². The summed E-state index contributed by atoms with van der Waals surface area (Å²) in [6, 6.07) is 5.85. The van der Waals surface area contributed by atoms with Gasteiger partial charge in [0, 0.05) is 17.8 Å². The highest BCUT2D eigenvalue weighted by atomic mass is 79.9. The third-order valence-electron chi connectivity index (χ3n) is 3.37. The molecule has 0 bridgehead atoms. The van der Waals surface area contributed by atoms with Crippen LogP contribution < -0.4 is 5.32 Å². The first-order valence-corrected chi connectivity index (χ1v) is 8.32. The van der Waals surface area contributed by atoms with Crippen molar-refractivity contribution in [3.8, 4) is 0 Å². The fraction of sp³-hybridized carbons (Fsp3) is 0.571. The molecule has 1 fully saturated rings. The van der Waals surface area contributed by atoms with Crippen LogP contribution in [-0.2, 0) is 6.54 Å². The lowest BCUT2D eigenvalue weighted by atomic mass is 10.2. The van der Waals surface area contributed by atoms with Gasteiger partial charge in [0.05, 0.1) is 4.47 Å². The van der Waals surface area contributed by atoms with Crippen LogP contribution in [0.3, 0.4) is 0 Å². The number of rotatable bonds is 5. The van der Waals surface area contributed by atoms with Crippen LogP contribution in [0.4, 0.5) is 4.39 Å². The predicted octanol–water partition coefficient (Wildman–Crippen LogP) is 4.35.